The van der Waals surface area contributed by atoms with Gasteiger partial charge in [-0.2, -0.15) is 0 Å². The van der Waals surface area contributed by atoms with Crippen LogP contribution in [0.15, 0.2) is 23.1 Å². The molecule has 0 aromatic heterocycles. The van der Waals surface area contributed by atoms with Gasteiger partial charge in [0.15, 0.2) is 0 Å². The van der Waals surface area contributed by atoms with Gasteiger partial charge in [0.1, 0.15) is 20.5 Å². The van der Waals surface area contributed by atoms with E-state index in [0.29, 0.717) is 31.7 Å². The van der Waals surface area contributed by atoms with E-state index in [-0.39, 0.29) is 17.2 Å². The lowest BCUT2D eigenvalue weighted by Crippen LogP contribution is -2.38. The third kappa shape index (κ3) is 5.48. The van der Waals surface area contributed by atoms with E-state index in [0.717, 1.165) is 12.1 Å². The number of benzene rings is 1. The van der Waals surface area contributed by atoms with Gasteiger partial charge in [-0.05, 0) is 49.8 Å². The Morgan fingerprint density at radius 3 is 2.28 bits per heavy atom. The Hall–Kier alpha value is -1.52. The summed E-state index contributed by atoms with van der Waals surface area (Å²) in [5, 5.41) is 8.79. The van der Waals surface area contributed by atoms with Gasteiger partial charge in [0.05, 0.1) is 11.3 Å². The average Bonchev–Trinajstić information content (AvgIpc) is 2.47. The number of hydrogen-bond donors (Lipinski definition) is 2. The van der Waals surface area contributed by atoms with Crippen molar-refractivity contribution < 1.29 is 31.1 Å². The second-order valence-corrected chi connectivity index (χ2v) is 10.2. The molecule has 1 saturated carbocycles. The SMILES string of the molecule is CS(=O)(=O)CC1CCC(NS(=O)(=O)c2ccc(C(=O)O)cc2F)CC1. The molecule has 25 heavy (non-hydrogen) atoms. The maximum atomic E-state index is 14.0. The second-order valence-electron chi connectivity index (χ2n) is 6.38. The highest BCUT2D eigenvalue weighted by atomic mass is 32.2. The molecule has 0 heterocycles. The maximum absolute atomic E-state index is 14.0. The van der Waals surface area contributed by atoms with Gasteiger partial charge in [0, 0.05) is 12.3 Å². The van der Waals surface area contributed by atoms with Gasteiger partial charge in [-0.15, -0.1) is 0 Å². The molecule has 0 spiro atoms. The maximum Gasteiger partial charge on any atom is 0.335 e. The number of nitrogens with one attached hydrogen (secondary N) is 1. The van der Waals surface area contributed by atoms with E-state index in [1.807, 2.05) is 0 Å². The fourth-order valence-corrected chi connectivity index (χ4v) is 5.56. The first-order chi connectivity index (χ1) is 11.5. The molecule has 1 fully saturated rings. The lowest BCUT2D eigenvalue weighted by molar-refractivity contribution is 0.0696. The molecule has 10 heteroatoms. The molecular weight excluding hydrogens is 373 g/mol. The molecule has 140 valence electrons. The molecule has 0 saturated heterocycles. The van der Waals surface area contributed by atoms with Crippen molar-refractivity contribution in [2.75, 3.05) is 12.0 Å². The zero-order valence-electron chi connectivity index (χ0n) is 13.6. The van der Waals surface area contributed by atoms with Crippen LogP contribution in [0.4, 0.5) is 4.39 Å². The predicted molar refractivity (Wildman–Crippen MR) is 89.1 cm³/mol. The molecule has 0 amide bonds. The summed E-state index contributed by atoms with van der Waals surface area (Å²) in [4.78, 5) is 10.2. The van der Waals surface area contributed by atoms with Gasteiger partial charge in [0.25, 0.3) is 0 Å². The highest BCUT2D eigenvalue weighted by molar-refractivity contribution is 7.90. The zero-order valence-corrected chi connectivity index (χ0v) is 15.2. The van der Waals surface area contributed by atoms with Gasteiger partial charge in [0.2, 0.25) is 10.0 Å². The third-order valence-corrected chi connectivity index (χ3v) is 6.81. The fourth-order valence-electron chi connectivity index (χ4n) is 3.01. The molecule has 2 rings (SSSR count). The summed E-state index contributed by atoms with van der Waals surface area (Å²) in [6.07, 6.45) is 3.25. The van der Waals surface area contributed by atoms with Crippen molar-refractivity contribution in [3.63, 3.8) is 0 Å². The van der Waals surface area contributed by atoms with Crippen molar-refractivity contribution in [1.29, 1.82) is 0 Å². The number of carboxylic acid groups (broad SMARTS) is 1. The molecule has 7 nitrogen and oxygen atoms in total. The highest BCUT2D eigenvalue weighted by Crippen LogP contribution is 2.27. The normalized spacial score (nSPS) is 21.8. The number of halogens is 1. The molecule has 0 unspecified atom stereocenters. The van der Waals surface area contributed by atoms with E-state index < -0.39 is 42.6 Å². The topological polar surface area (TPSA) is 118 Å². The van der Waals surface area contributed by atoms with Crippen molar-refractivity contribution in [2.45, 2.75) is 36.6 Å². The van der Waals surface area contributed by atoms with E-state index in [2.05, 4.69) is 4.72 Å². The number of sulfone groups is 1. The lowest BCUT2D eigenvalue weighted by Gasteiger charge is -2.28. The highest BCUT2D eigenvalue weighted by Gasteiger charge is 2.28. The Labute approximate surface area is 146 Å². The summed E-state index contributed by atoms with van der Waals surface area (Å²) in [6.45, 7) is 0. The first-order valence-corrected chi connectivity index (χ1v) is 11.3. The summed E-state index contributed by atoms with van der Waals surface area (Å²) in [5.74, 6) is -2.39. The first kappa shape index (κ1) is 19.8. The quantitative estimate of drug-likeness (QED) is 0.754. The lowest BCUT2D eigenvalue weighted by atomic mass is 9.88. The van der Waals surface area contributed by atoms with E-state index >= 15 is 0 Å². The van der Waals surface area contributed by atoms with Crippen LogP contribution in [0.3, 0.4) is 0 Å². The number of rotatable bonds is 6. The molecule has 0 radical (unpaired) electrons. The van der Waals surface area contributed by atoms with Crippen molar-refractivity contribution in [3.8, 4) is 0 Å². The van der Waals surface area contributed by atoms with E-state index in [4.69, 9.17) is 5.11 Å². The second kappa shape index (κ2) is 7.38. The largest absolute Gasteiger partial charge is 0.478 e. The number of hydrogen-bond acceptors (Lipinski definition) is 5. The average molecular weight is 393 g/mol. The molecule has 1 aliphatic rings. The molecule has 1 aromatic rings. The molecule has 1 aliphatic carbocycles. The van der Waals surface area contributed by atoms with Crippen LogP contribution in [-0.2, 0) is 19.9 Å². The monoisotopic (exact) mass is 393 g/mol. The number of carboxylic acids is 1. The summed E-state index contributed by atoms with van der Waals surface area (Å²) in [5.41, 5.74) is -0.335. The van der Waals surface area contributed by atoms with E-state index in [1.54, 1.807) is 0 Å². The summed E-state index contributed by atoms with van der Waals surface area (Å²) in [7, 11) is -7.19. The molecule has 1 aromatic carbocycles. The minimum Gasteiger partial charge on any atom is -0.478 e. The van der Waals surface area contributed by atoms with Gasteiger partial charge in [-0.1, -0.05) is 0 Å². The van der Waals surface area contributed by atoms with E-state index in [9.17, 15) is 26.0 Å². The van der Waals surface area contributed by atoms with Gasteiger partial charge in [-0.3, -0.25) is 0 Å². The van der Waals surface area contributed by atoms with Crippen molar-refractivity contribution >= 4 is 25.8 Å². The van der Waals surface area contributed by atoms with Crippen LogP contribution >= 0.6 is 0 Å². The Balaban J connectivity index is 2.04. The molecule has 0 atom stereocenters. The zero-order chi connectivity index (χ0) is 18.8. The standard InChI is InChI=1S/C15H20FNO6S2/c1-24(20,21)9-10-2-5-12(6-3-10)17-25(22,23)14-7-4-11(15(18)19)8-13(14)16/h4,7-8,10,12,17H,2-3,5-6,9H2,1H3,(H,18,19). The predicted octanol–water partition coefficient (Wildman–Crippen LogP) is 1.41. The molecule has 0 bridgehead atoms. The Morgan fingerprint density at radius 1 is 1.20 bits per heavy atom. The summed E-state index contributed by atoms with van der Waals surface area (Å²) < 4.78 is 63.6. The smallest absolute Gasteiger partial charge is 0.335 e. The number of aromatic carboxylic acids is 1. The van der Waals surface area contributed by atoms with Crippen LogP contribution in [-0.4, -0.2) is 46.0 Å². The Morgan fingerprint density at radius 2 is 1.80 bits per heavy atom. The van der Waals surface area contributed by atoms with Crippen LogP contribution in [0.2, 0.25) is 0 Å². The summed E-state index contributed by atoms with van der Waals surface area (Å²) in [6, 6.07) is 2.22. The van der Waals surface area contributed by atoms with Crippen molar-refractivity contribution in [2.24, 2.45) is 5.92 Å². The van der Waals surface area contributed by atoms with Crippen LogP contribution in [0.1, 0.15) is 36.0 Å². The van der Waals surface area contributed by atoms with Gasteiger partial charge >= 0.3 is 5.97 Å². The van der Waals surface area contributed by atoms with Crippen LogP contribution in [0.5, 0.6) is 0 Å². The summed E-state index contributed by atoms with van der Waals surface area (Å²) >= 11 is 0. The number of carbonyl (C=O) groups is 1. The Kier molecular flexibility index (Phi) is 5.85. The number of sulfonamides is 1. The molecule has 0 aliphatic heterocycles. The third-order valence-electron chi connectivity index (χ3n) is 4.18. The van der Waals surface area contributed by atoms with Crippen LogP contribution in [0.25, 0.3) is 0 Å². The van der Waals surface area contributed by atoms with Gasteiger partial charge < -0.3 is 5.11 Å². The Bertz CT molecular complexity index is 858. The van der Waals surface area contributed by atoms with Crippen molar-refractivity contribution in [3.05, 3.63) is 29.6 Å². The molecule has 2 N–H and O–H groups in total. The van der Waals surface area contributed by atoms with Gasteiger partial charge in [-0.25, -0.2) is 30.7 Å². The minimum atomic E-state index is -4.12. The minimum absolute atomic E-state index is 0.00217. The van der Waals surface area contributed by atoms with Crippen molar-refractivity contribution in [1.82, 2.24) is 4.72 Å². The molecular formula is C15H20FNO6S2. The fraction of sp³-hybridized carbons (Fsp3) is 0.533. The van der Waals surface area contributed by atoms with Crippen LogP contribution < -0.4 is 4.72 Å². The van der Waals surface area contributed by atoms with E-state index in [1.165, 1.54) is 6.26 Å². The first-order valence-electron chi connectivity index (χ1n) is 7.71. The van der Waals surface area contributed by atoms with Crippen LogP contribution in [0, 0.1) is 11.7 Å².